The number of rotatable bonds is 4. The van der Waals surface area contributed by atoms with Gasteiger partial charge in [-0.25, -0.2) is 0 Å². The van der Waals surface area contributed by atoms with Gasteiger partial charge in [0.25, 0.3) is 5.91 Å². The molecule has 0 atom stereocenters. The molecule has 1 rings (SSSR count). The Hall–Kier alpha value is -1.83. The molecule has 0 bridgehead atoms. The minimum Gasteiger partial charge on any atom is -0.304 e. The summed E-state index contributed by atoms with van der Waals surface area (Å²) in [6.07, 6.45) is 5.24. The number of amides is 1. The fraction of sp³-hybridized carbons (Fsp3) is 0.560. The van der Waals surface area contributed by atoms with Crippen molar-refractivity contribution in [3.8, 4) is 0 Å². The van der Waals surface area contributed by atoms with Crippen LogP contribution in [0.5, 0.6) is 0 Å². The van der Waals surface area contributed by atoms with Crippen molar-refractivity contribution in [3.63, 3.8) is 0 Å². The summed E-state index contributed by atoms with van der Waals surface area (Å²) in [5.41, 5.74) is 4.61. The molecule has 27 heavy (non-hydrogen) atoms. The highest BCUT2D eigenvalue weighted by Crippen LogP contribution is 2.43. The number of carbonyl (C=O) groups excluding carboxylic acids is 1. The summed E-state index contributed by atoms with van der Waals surface area (Å²) in [6, 6.07) is 4.59. The lowest BCUT2D eigenvalue weighted by atomic mass is 9.74. The molecule has 1 amide bonds. The van der Waals surface area contributed by atoms with E-state index in [-0.39, 0.29) is 22.2 Å². The minimum atomic E-state index is -0.0910. The van der Waals surface area contributed by atoms with E-state index in [1.165, 1.54) is 16.7 Å². The Morgan fingerprint density at radius 3 is 1.67 bits per heavy atom. The summed E-state index contributed by atoms with van der Waals surface area (Å²) in [7, 11) is 0. The Balaban J connectivity index is 4.03. The summed E-state index contributed by atoms with van der Waals surface area (Å²) < 4.78 is 0. The third kappa shape index (κ3) is 5.57. The molecular weight excluding hydrogens is 330 g/mol. The average molecular weight is 370 g/mol. The van der Waals surface area contributed by atoms with Crippen LogP contribution in [0, 0.1) is 0 Å². The molecule has 0 aliphatic heterocycles. The molecule has 1 aromatic carbocycles. The first-order valence-corrected chi connectivity index (χ1v) is 9.89. The van der Waals surface area contributed by atoms with Crippen molar-refractivity contribution in [2.75, 3.05) is 11.4 Å². The van der Waals surface area contributed by atoms with Gasteiger partial charge in [0.15, 0.2) is 0 Å². The second-order valence-electron chi connectivity index (χ2n) is 10.4. The Labute approximate surface area is 167 Å². The van der Waals surface area contributed by atoms with E-state index in [1.807, 2.05) is 11.8 Å². The number of hydrogen-bond donors (Lipinski definition) is 0. The first-order chi connectivity index (χ1) is 12.1. The van der Waals surface area contributed by atoms with Crippen molar-refractivity contribution in [2.45, 2.75) is 85.5 Å². The Kier molecular flexibility index (Phi) is 6.91. The standard InChI is InChI=1S/C25H39NO/c1-12-14-21(27)26(15-13-2)22-19(24(6,7)8)16-18(23(3,4)5)17-20(22)25(9,10)11/h12-14,16-17H,2,15H2,1,3-11H3/b14-12-. The second kappa shape index (κ2) is 8.04. The summed E-state index contributed by atoms with van der Waals surface area (Å²) in [6.45, 7) is 26.3. The van der Waals surface area contributed by atoms with Gasteiger partial charge in [0.1, 0.15) is 0 Å². The zero-order chi connectivity index (χ0) is 21.2. The number of nitrogens with zero attached hydrogens (tertiary/aromatic N) is 1. The van der Waals surface area contributed by atoms with Crippen LogP contribution in [0.3, 0.4) is 0 Å². The largest absolute Gasteiger partial charge is 0.304 e. The van der Waals surface area contributed by atoms with E-state index in [2.05, 4.69) is 81.0 Å². The molecule has 0 aliphatic rings. The average Bonchev–Trinajstić information content (AvgIpc) is 2.49. The van der Waals surface area contributed by atoms with E-state index < -0.39 is 0 Å². The molecule has 0 aliphatic carbocycles. The second-order valence-corrected chi connectivity index (χ2v) is 10.4. The molecule has 0 spiro atoms. The third-order valence-corrected chi connectivity index (χ3v) is 4.75. The number of carbonyl (C=O) groups is 1. The monoisotopic (exact) mass is 369 g/mol. The number of anilines is 1. The Bertz CT molecular complexity index is 683. The smallest absolute Gasteiger partial charge is 0.250 e. The van der Waals surface area contributed by atoms with Gasteiger partial charge in [-0.2, -0.15) is 0 Å². The Morgan fingerprint density at radius 2 is 1.37 bits per heavy atom. The quantitative estimate of drug-likeness (QED) is 0.428. The predicted molar refractivity (Wildman–Crippen MR) is 120 cm³/mol. The number of hydrogen-bond acceptors (Lipinski definition) is 1. The molecule has 0 radical (unpaired) electrons. The van der Waals surface area contributed by atoms with Crippen LogP contribution < -0.4 is 4.90 Å². The maximum atomic E-state index is 13.0. The van der Waals surface area contributed by atoms with Crippen molar-refractivity contribution in [2.24, 2.45) is 0 Å². The molecule has 2 heteroatoms. The van der Waals surface area contributed by atoms with Gasteiger partial charge < -0.3 is 4.90 Å². The van der Waals surface area contributed by atoms with Crippen molar-refractivity contribution in [3.05, 3.63) is 53.6 Å². The number of benzene rings is 1. The van der Waals surface area contributed by atoms with Gasteiger partial charge in [-0.05, 0) is 45.9 Å². The van der Waals surface area contributed by atoms with E-state index in [0.717, 1.165) is 5.69 Å². The predicted octanol–water partition coefficient (Wildman–Crippen LogP) is 6.67. The van der Waals surface area contributed by atoms with E-state index in [9.17, 15) is 4.79 Å². The molecule has 0 saturated carbocycles. The van der Waals surface area contributed by atoms with Gasteiger partial charge in [-0.1, -0.05) is 86.6 Å². The normalized spacial score (nSPS) is 13.1. The lowest BCUT2D eigenvalue weighted by Gasteiger charge is -2.37. The zero-order valence-electron chi connectivity index (χ0n) is 19.2. The highest BCUT2D eigenvalue weighted by atomic mass is 16.2. The summed E-state index contributed by atoms with van der Waals surface area (Å²) in [5, 5.41) is 0. The van der Waals surface area contributed by atoms with E-state index in [1.54, 1.807) is 18.2 Å². The van der Waals surface area contributed by atoms with E-state index in [0.29, 0.717) is 6.54 Å². The molecular formula is C25H39NO. The van der Waals surface area contributed by atoms with Crippen LogP contribution in [-0.2, 0) is 21.0 Å². The fourth-order valence-corrected chi connectivity index (χ4v) is 3.15. The van der Waals surface area contributed by atoms with Crippen molar-refractivity contribution in [1.82, 2.24) is 0 Å². The third-order valence-electron chi connectivity index (χ3n) is 4.75. The lowest BCUT2D eigenvalue weighted by molar-refractivity contribution is -0.114. The fourth-order valence-electron chi connectivity index (χ4n) is 3.15. The van der Waals surface area contributed by atoms with Crippen molar-refractivity contribution < 1.29 is 4.79 Å². The van der Waals surface area contributed by atoms with Gasteiger partial charge in [-0.15, -0.1) is 6.58 Å². The van der Waals surface area contributed by atoms with Crippen LogP contribution in [0.25, 0.3) is 0 Å². The SMILES string of the molecule is C=CCN(C(=O)/C=C\C)c1c(C(C)(C)C)cc(C(C)(C)C)cc1C(C)(C)C. The lowest BCUT2D eigenvalue weighted by Crippen LogP contribution is -2.35. The van der Waals surface area contributed by atoms with Crippen LogP contribution in [-0.4, -0.2) is 12.5 Å². The molecule has 1 aromatic rings. The molecule has 0 heterocycles. The Morgan fingerprint density at radius 1 is 0.926 bits per heavy atom. The summed E-state index contributed by atoms with van der Waals surface area (Å²) in [4.78, 5) is 14.8. The maximum Gasteiger partial charge on any atom is 0.250 e. The maximum absolute atomic E-state index is 13.0. The molecule has 0 fully saturated rings. The minimum absolute atomic E-state index is 0.00286. The first-order valence-electron chi connectivity index (χ1n) is 9.89. The molecule has 0 N–H and O–H groups in total. The highest BCUT2D eigenvalue weighted by Gasteiger charge is 2.32. The van der Waals surface area contributed by atoms with Gasteiger partial charge in [0.2, 0.25) is 0 Å². The van der Waals surface area contributed by atoms with Crippen LogP contribution >= 0.6 is 0 Å². The topological polar surface area (TPSA) is 20.3 Å². The number of allylic oxidation sites excluding steroid dienone is 1. The highest BCUT2D eigenvalue weighted by molar-refractivity contribution is 6.03. The van der Waals surface area contributed by atoms with Gasteiger partial charge in [0, 0.05) is 6.54 Å². The first kappa shape index (κ1) is 23.2. The van der Waals surface area contributed by atoms with E-state index in [4.69, 9.17) is 0 Å². The molecule has 0 aromatic heterocycles. The van der Waals surface area contributed by atoms with Gasteiger partial charge in [0.05, 0.1) is 5.69 Å². The molecule has 0 unspecified atom stereocenters. The molecule has 150 valence electrons. The van der Waals surface area contributed by atoms with Crippen LogP contribution in [0.1, 0.15) is 85.9 Å². The summed E-state index contributed by atoms with van der Waals surface area (Å²) >= 11 is 0. The zero-order valence-corrected chi connectivity index (χ0v) is 19.2. The molecule has 2 nitrogen and oxygen atoms in total. The van der Waals surface area contributed by atoms with E-state index >= 15 is 0 Å². The van der Waals surface area contributed by atoms with Crippen molar-refractivity contribution in [1.29, 1.82) is 0 Å². The van der Waals surface area contributed by atoms with Crippen LogP contribution in [0.15, 0.2) is 36.9 Å². The van der Waals surface area contributed by atoms with Gasteiger partial charge >= 0.3 is 0 Å². The summed E-state index contributed by atoms with van der Waals surface area (Å²) in [5.74, 6) is -0.00286. The van der Waals surface area contributed by atoms with Crippen LogP contribution in [0.4, 0.5) is 5.69 Å². The van der Waals surface area contributed by atoms with Crippen LogP contribution in [0.2, 0.25) is 0 Å². The van der Waals surface area contributed by atoms with Crippen molar-refractivity contribution >= 4 is 11.6 Å². The van der Waals surface area contributed by atoms with Gasteiger partial charge in [-0.3, -0.25) is 4.79 Å². The molecule has 0 saturated heterocycles.